The van der Waals surface area contributed by atoms with Gasteiger partial charge in [0.05, 0.1) is 35.9 Å². The van der Waals surface area contributed by atoms with E-state index in [0.29, 0.717) is 23.6 Å². The van der Waals surface area contributed by atoms with Crippen molar-refractivity contribution in [2.75, 3.05) is 6.54 Å². The van der Waals surface area contributed by atoms with Gasteiger partial charge in [-0.25, -0.2) is 15.0 Å². The predicted molar refractivity (Wildman–Crippen MR) is 107 cm³/mol. The van der Waals surface area contributed by atoms with Crippen molar-refractivity contribution in [3.63, 3.8) is 0 Å². The molecule has 1 aliphatic carbocycles. The lowest BCUT2D eigenvalue weighted by Crippen LogP contribution is -2.59. The molecule has 3 unspecified atom stereocenters. The SMILES string of the molecule is Cc1cnc(-n2nccn2)c(C(=O)N2CC3CCC2C(Oc2ncc(C)nc2F)C3)c1. The average Bonchev–Trinajstić information content (AvgIpc) is 3.30. The number of pyridine rings is 1. The Morgan fingerprint density at radius 1 is 1.16 bits per heavy atom. The van der Waals surface area contributed by atoms with E-state index >= 15 is 0 Å². The lowest BCUT2D eigenvalue weighted by Gasteiger charge is -2.49. The molecule has 2 bridgehead atoms. The first kappa shape index (κ1) is 19.5. The minimum Gasteiger partial charge on any atom is -0.469 e. The first-order valence-electron chi connectivity index (χ1n) is 10.3. The van der Waals surface area contributed by atoms with Gasteiger partial charge < -0.3 is 9.64 Å². The summed E-state index contributed by atoms with van der Waals surface area (Å²) in [5, 5.41) is 8.26. The minimum absolute atomic E-state index is 0.116. The summed E-state index contributed by atoms with van der Waals surface area (Å²) >= 11 is 0. The molecule has 3 aliphatic rings. The Morgan fingerprint density at radius 2 is 1.97 bits per heavy atom. The van der Waals surface area contributed by atoms with Gasteiger partial charge in [-0.2, -0.15) is 14.6 Å². The van der Waals surface area contributed by atoms with Gasteiger partial charge in [0.25, 0.3) is 17.7 Å². The zero-order chi connectivity index (χ0) is 21.5. The van der Waals surface area contributed by atoms with Crippen LogP contribution >= 0.6 is 0 Å². The third kappa shape index (κ3) is 3.62. The summed E-state index contributed by atoms with van der Waals surface area (Å²) in [5.74, 6) is -0.329. The fourth-order valence-electron chi connectivity index (χ4n) is 4.51. The van der Waals surface area contributed by atoms with Crippen LogP contribution in [0.25, 0.3) is 5.82 Å². The molecule has 5 heterocycles. The van der Waals surface area contributed by atoms with E-state index < -0.39 is 5.95 Å². The van der Waals surface area contributed by atoms with Crippen molar-refractivity contribution in [1.82, 2.24) is 34.8 Å². The molecule has 0 aromatic carbocycles. The maximum atomic E-state index is 14.2. The maximum Gasteiger partial charge on any atom is 0.275 e. The topological polar surface area (TPSA) is 98.9 Å². The highest BCUT2D eigenvalue weighted by Gasteiger charge is 2.45. The molecule has 0 N–H and O–H groups in total. The van der Waals surface area contributed by atoms with Crippen molar-refractivity contribution in [3.05, 3.63) is 53.6 Å². The molecular weight excluding hydrogens is 401 g/mol. The van der Waals surface area contributed by atoms with Crippen LogP contribution < -0.4 is 4.74 Å². The number of halogens is 1. The molecule has 3 aromatic rings. The molecule has 160 valence electrons. The Morgan fingerprint density at radius 3 is 2.71 bits per heavy atom. The van der Waals surface area contributed by atoms with Gasteiger partial charge in [0.15, 0.2) is 5.82 Å². The van der Waals surface area contributed by atoms with E-state index in [9.17, 15) is 9.18 Å². The Balaban J connectivity index is 1.44. The van der Waals surface area contributed by atoms with Crippen molar-refractivity contribution >= 4 is 5.91 Å². The van der Waals surface area contributed by atoms with Gasteiger partial charge in [-0.05, 0) is 50.7 Å². The summed E-state index contributed by atoms with van der Waals surface area (Å²) < 4.78 is 20.1. The van der Waals surface area contributed by atoms with E-state index in [0.717, 1.165) is 24.8 Å². The zero-order valence-electron chi connectivity index (χ0n) is 17.3. The number of hydrogen-bond donors (Lipinski definition) is 0. The van der Waals surface area contributed by atoms with Crippen LogP contribution in [0.3, 0.4) is 0 Å². The van der Waals surface area contributed by atoms with Crippen molar-refractivity contribution < 1.29 is 13.9 Å². The number of nitrogens with zero attached hydrogens (tertiary/aromatic N) is 7. The molecule has 0 radical (unpaired) electrons. The van der Waals surface area contributed by atoms with Crippen LogP contribution in [0.5, 0.6) is 5.88 Å². The normalized spacial score (nSPS) is 22.5. The number of piperidine rings is 2. The van der Waals surface area contributed by atoms with Gasteiger partial charge in [-0.3, -0.25) is 4.79 Å². The van der Waals surface area contributed by atoms with Crippen molar-refractivity contribution in [3.8, 4) is 11.7 Å². The highest BCUT2D eigenvalue weighted by Crippen LogP contribution is 2.38. The quantitative estimate of drug-likeness (QED) is 0.635. The molecule has 1 amide bonds. The number of rotatable bonds is 4. The minimum atomic E-state index is -0.728. The van der Waals surface area contributed by atoms with Gasteiger partial charge in [0, 0.05) is 12.7 Å². The second kappa shape index (κ2) is 7.68. The van der Waals surface area contributed by atoms with E-state index in [-0.39, 0.29) is 29.9 Å². The lowest BCUT2D eigenvalue weighted by atomic mass is 9.77. The van der Waals surface area contributed by atoms with Gasteiger partial charge in [-0.1, -0.05) is 0 Å². The number of aromatic nitrogens is 6. The van der Waals surface area contributed by atoms with Crippen molar-refractivity contribution in [2.45, 2.75) is 45.3 Å². The molecule has 3 aromatic heterocycles. The summed E-state index contributed by atoms with van der Waals surface area (Å²) in [7, 11) is 0. The van der Waals surface area contributed by atoms with Crippen LogP contribution in [-0.2, 0) is 0 Å². The number of hydrogen-bond acceptors (Lipinski definition) is 7. The third-order valence-electron chi connectivity index (χ3n) is 5.91. The van der Waals surface area contributed by atoms with Gasteiger partial charge >= 0.3 is 0 Å². The number of aryl methyl sites for hydroxylation is 2. The fraction of sp³-hybridized carbons (Fsp3) is 0.429. The number of amides is 1. The standard InChI is InChI=1S/C21H22FN7O2/c1-12-7-15(19(23-9-12)29-25-5-6-26-29)21(30)28-11-14-3-4-16(28)17(8-14)31-20-18(22)27-13(2)10-24-20/h5-7,9-10,14,16-17H,3-4,8,11H2,1-2H3. The second-order valence-electron chi connectivity index (χ2n) is 8.17. The first-order valence-corrected chi connectivity index (χ1v) is 10.3. The molecule has 31 heavy (non-hydrogen) atoms. The molecule has 1 saturated carbocycles. The van der Waals surface area contributed by atoms with Crippen LogP contribution in [0.1, 0.15) is 40.9 Å². The Kier molecular flexibility index (Phi) is 4.84. The largest absolute Gasteiger partial charge is 0.469 e. The van der Waals surface area contributed by atoms with E-state index in [2.05, 4.69) is 25.1 Å². The average molecular weight is 423 g/mol. The van der Waals surface area contributed by atoms with Crippen LogP contribution in [0, 0.1) is 25.7 Å². The third-order valence-corrected chi connectivity index (χ3v) is 5.91. The number of fused-ring (bicyclic) bond motifs is 3. The van der Waals surface area contributed by atoms with Gasteiger partial charge in [0.2, 0.25) is 0 Å². The van der Waals surface area contributed by atoms with E-state index in [1.54, 1.807) is 31.6 Å². The van der Waals surface area contributed by atoms with E-state index in [4.69, 9.17) is 4.74 Å². The Hall–Kier alpha value is -3.43. The number of carbonyl (C=O) groups is 1. The van der Waals surface area contributed by atoms with Crippen molar-refractivity contribution in [1.29, 1.82) is 0 Å². The second-order valence-corrected chi connectivity index (χ2v) is 8.17. The van der Waals surface area contributed by atoms with E-state index in [1.807, 2.05) is 11.8 Å². The molecule has 2 saturated heterocycles. The first-order chi connectivity index (χ1) is 15.0. The summed E-state index contributed by atoms with van der Waals surface area (Å²) in [5.41, 5.74) is 1.79. The Bertz CT molecular complexity index is 1120. The molecular formula is C21H22FN7O2. The lowest BCUT2D eigenvalue weighted by molar-refractivity contribution is -0.0329. The van der Waals surface area contributed by atoms with Crippen molar-refractivity contribution in [2.24, 2.45) is 5.92 Å². The Labute approximate surface area is 178 Å². The summed E-state index contributed by atoms with van der Waals surface area (Å²) in [6, 6.07) is 1.62. The number of ether oxygens (including phenoxy) is 1. The molecule has 9 nitrogen and oxygen atoms in total. The molecule has 3 atom stereocenters. The fourth-order valence-corrected chi connectivity index (χ4v) is 4.51. The summed E-state index contributed by atoms with van der Waals surface area (Å²) in [4.78, 5) is 29.0. The van der Waals surface area contributed by atoms with Crippen LogP contribution in [0.2, 0.25) is 0 Å². The summed E-state index contributed by atoms with van der Waals surface area (Å²) in [6.45, 7) is 4.19. The molecule has 10 heteroatoms. The predicted octanol–water partition coefficient (Wildman–Crippen LogP) is 2.28. The smallest absolute Gasteiger partial charge is 0.275 e. The van der Waals surface area contributed by atoms with Gasteiger partial charge in [0.1, 0.15) is 6.10 Å². The monoisotopic (exact) mass is 423 g/mol. The molecule has 6 rings (SSSR count). The summed E-state index contributed by atoms with van der Waals surface area (Å²) in [6.07, 6.45) is 8.45. The highest BCUT2D eigenvalue weighted by molar-refractivity contribution is 5.97. The van der Waals surface area contributed by atoms with E-state index in [1.165, 1.54) is 11.0 Å². The van der Waals surface area contributed by atoms with Crippen LogP contribution in [0.4, 0.5) is 4.39 Å². The molecule has 3 fully saturated rings. The zero-order valence-corrected chi connectivity index (χ0v) is 17.3. The van der Waals surface area contributed by atoms with Crippen LogP contribution in [0.15, 0.2) is 30.9 Å². The van der Waals surface area contributed by atoms with Gasteiger partial charge in [-0.15, -0.1) is 4.80 Å². The van der Waals surface area contributed by atoms with Crippen LogP contribution in [-0.4, -0.2) is 59.4 Å². The molecule has 2 aliphatic heterocycles. The molecule has 0 spiro atoms. The number of carbonyl (C=O) groups excluding carboxylic acids is 1. The highest BCUT2D eigenvalue weighted by atomic mass is 19.1. The maximum absolute atomic E-state index is 14.2.